The van der Waals surface area contributed by atoms with E-state index in [1.165, 1.54) is 18.2 Å². The van der Waals surface area contributed by atoms with Crippen molar-refractivity contribution in [1.82, 2.24) is 0 Å². The zero-order chi connectivity index (χ0) is 14.7. The van der Waals surface area contributed by atoms with Crippen molar-refractivity contribution in [1.29, 1.82) is 0 Å². The predicted molar refractivity (Wildman–Crippen MR) is 75.9 cm³/mol. The van der Waals surface area contributed by atoms with E-state index in [0.717, 1.165) is 0 Å². The molecule has 0 saturated carbocycles. The number of anilines is 2. The van der Waals surface area contributed by atoms with Crippen LogP contribution in [0.4, 0.5) is 21.5 Å². The molecule has 1 unspecified atom stereocenters. The van der Waals surface area contributed by atoms with Crippen LogP contribution in [0.1, 0.15) is 18.5 Å². The fourth-order valence-electron chi connectivity index (χ4n) is 1.97. The molecule has 0 amide bonds. The van der Waals surface area contributed by atoms with Crippen molar-refractivity contribution in [2.75, 3.05) is 11.1 Å². The van der Waals surface area contributed by atoms with Crippen LogP contribution in [0.5, 0.6) is 0 Å². The summed E-state index contributed by atoms with van der Waals surface area (Å²) in [6, 6.07) is 10.5. The van der Waals surface area contributed by atoms with Crippen molar-refractivity contribution < 1.29 is 9.31 Å². The molecule has 1 atom stereocenters. The molecule has 3 N–H and O–H groups in total. The molecule has 0 heterocycles. The fourth-order valence-corrected chi connectivity index (χ4v) is 1.97. The van der Waals surface area contributed by atoms with Crippen molar-refractivity contribution in [3.8, 4) is 0 Å². The van der Waals surface area contributed by atoms with Gasteiger partial charge in [-0.25, -0.2) is 4.39 Å². The molecule has 20 heavy (non-hydrogen) atoms. The fraction of sp³-hybridized carbons (Fsp3) is 0.143. The van der Waals surface area contributed by atoms with Gasteiger partial charge in [0.25, 0.3) is 0 Å². The van der Waals surface area contributed by atoms with Gasteiger partial charge in [0.2, 0.25) is 0 Å². The number of nitrogen functional groups attached to an aromatic ring is 1. The minimum absolute atomic E-state index is 0.0893. The Labute approximate surface area is 115 Å². The highest BCUT2D eigenvalue weighted by atomic mass is 19.1. The Bertz CT molecular complexity index is 646. The monoisotopic (exact) mass is 275 g/mol. The predicted octanol–water partition coefficient (Wildman–Crippen LogP) is 3.49. The maximum atomic E-state index is 13.2. The normalized spacial score (nSPS) is 11.9. The maximum Gasteiger partial charge on any atom is 0.314 e. The summed E-state index contributed by atoms with van der Waals surface area (Å²) in [4.78, 5) is 10.5. The number of hydrogen-bond acceptors (Lipinski definition) is 4. The van der Waals surface area contributed by atoms with E-state index in [0.29, 0.717) is 11.3 Å². The number of para-hydroxylation sites is 1. The molecule has 2 rings (SSSR count). The van der Waals surface area contributed by atoms with E-state index >= 15 is 0 Å². The maximum absolute atomic E-state index is 13.2. The molecule has 2 aromatic carbocycles. The number of nitrogens with two attached hydrogens (primary N) is 1. The summed E-state index contributed by atoms with van der Waals surface area (Å²) < 4.78 is 13.2. The SMILES string of the molecule is CC(Nc1cccc(N)c1[N+](=O)[O-])c1cccc(F)c1. The summed E-state index contributed by atoms with van der Waals surface area (Å²) in [6.07, 6.45) is 0. The summed E-state index contributed by atoms with van der Waals surface area (Å²) in [6.45, 7) is 1.79. The van der Waals surface area contributed by atoms with E-state index in [-0.39, 0.29) is 23.2 Å². The quantitative estimate of drug-likeness (QED) is 0.508. The van der Waals surface area contributed by atoms with Crippen molar-refractivity contribution >= 4 is 17.1 Å². The Kier molecular flexibility index (Phi) is 3.84. The number of hydrogen-bond donors (Lipinski definition) is 2. The van der Waals surface area contributed by atoms with Crippen LogP contribution in [-0.4, -0.2) is 4.92 Å². The minimum Gasteiger partial charge on any atom is -0.393 e. The molecule has 6 heteroatoms. The molecule has 0 spiro atoms. The summed E-state index contributed by atoms with van der Waals surface area (Å²) in [5.41, 5.74) is 6.55. The zero-order valence-electron chi connectivity index (χ0n) is 10.8. The highest BCUT2D eigenvalue weighted by Crippen LogP contribution is 2.33. The number of benzene rings is 2. The van der Waals surface area contributed by atoms with Gasteiger partial charge in [-0.3, -0.25) is 10.1 Å². The van der Waals surface area contributed by atoms with E-state index in [1.54, 1.807) is 31.2 Å². The van der Waals surface area contributed by atoms with Crippen LogP contribution >= 0.6 is 0 Å². The van der Waals surface area contributed by atoms with Gasteiger partial charge in [0.15, 0.2) is 0 Å². The molecule has 0 aliphatic rings. The second-order valence-electron chi connectivity index (χ2n) is 4.42. The average molecular weight is 275 g/mol. The molecule has 5 nitrogen and oxygen atoms in total. The summed E-state index contributed by atoms with van der Waals surface area (Å²) in [5.74, 6) is -0.349. The first-order valence-corrected chi connectivity index (χ1v) is 6.04. The standard InChI is InChI=1S/C14H14FN3O2/c1-9(10-4-2-5-11(15)8-10)17-13-7-3-6-12(16)14(13)18(19)20/h2-9,17H,16H2,1H3. The van der Waals surface area contributed by atoms with Crippen LogP contribution < -0.4 is 11.1 Å². The van der Waals surface area contributed by atoms with Crippen molar-refractivity contribution in [2.24, 2.45) is 0 Å². The van der Waals surface area contributed by atoms with Gasteiger partial charge in [-0.05, 0) is 36.8 Å². The number of nitro groups is 1. The van der Waals surface area contributed by atoms with Crippen molar-refractivity contribution in [3.63, 3.8) is 0 Å². The summed E-state index contributed by atoms with van der Waals surface area (Å²) in [7, 11) is 0. The van der Waals surface area contributed by atoms with Crippen molar-refractivity contribution in [3.05, 3.63) is 64.0 Å². The van der Waals surface area contributed by atoms with Gasteiger partial charge in [-0.1, -0.05) is 18.2 Å². The molecule has 0 bridgehead atoms. The van der Waals surface area contributed by atoms with Gasteiger partial charge in [-0.15, -0.1) is 0 Å². The number of nitro benzene ring substituents is 1. The second-order valence-corrected chi connectivity index (χ2v) is 4.42. The van der Waals surface area contributed by atoms with Crippen LogP contribution in [0.15, 0.2) is 42.5 Å². The van der Waals surface area contributed by atoms with Crippen LogP contribution in [0.3, 0.4) is 0 Å². The van der Waals surface area contributed by atoms with Gasteiger partial charge < -0.3 is 11.1 Å². The lowest BCUT2D eigenvalue weighted by Gasteiger charge is -2.16. The van der Waals surface area contributed by atoms with Crippen LogP contribution in [0.25, 0.3) is 0 Å². The van der Waals surface area contributed by atoms with Crippen LogP contribution in [0, 0.1) is 15.9 Å². The van der Waals surface area contributed by atoms with Gasteiger partial charge >= 0.3 is 5.69 Å². The highest BCUT2D eigenvalue weighted by molar-refractivity contribution is 5.74. The number of nitrogens with zero attached hydrogens (tertiary/aromatic N) is 1. The number of halogens is 1. The van der Waals surface area contributed by atoms with Gasteiger partial charge in [-0.2, -0.15) is 0 Å². The minimum atomic E-state index is -0.532. The Morgan fingerprint density at radius 3 is 2.65 bits per heavy atom. The molecular formula is C14H14FN3O2. The lowest BCUT2D eigenvalue weighted by atomic mass is 10.1. The molecule has 0 fully saturated rings. The van der Waals surface area contributed by atoms with Gasteiger partial charge in [0.1, 0.15) is 17.2 Å². The summed E-state index contributed by atoms with van der Waals surface area (Å²) in [5, 5.41) is 14.0. The first-order valence-electron chi connectivity index (χ1n) is 6.04. The third kappa shape index (κ3) is 2.85. The van der Waals surface area contributed by atoms with Crippen molar-refractivity contribution in [2.45, 2.75) is 13.0 Å². The molecule has 0 radical (unpaired) electrons. The number of nitrogens with one attached hydrogen (secondary N) is 1. The first kappa shape index (κ1) is 13.8. The summed E-state index contributed by atoms with van der Waals surface area (Å²) >= 11 is 0. The molecule has 0 aliphatic heterocycles. The Morgan fingerprint density at radius 1 is 1.30 bits per heavy atom. The molecule has 0 aliphatic carbocycles. The Hall–Kier alpha value is -2.63. The van der Waals surface area contributed by atoms with Crippen LogP contribution in [0.2, 0.25) is 0 Å². The Morgan fingerprint density at radius 2 is 2.00 bits per heavy atom. The van der Waals surface area contributed by atoms with Crippen LogP contribution in [-0.2, 0) is 0 Å². The first-order chi connectivity index (χ1) is 9.49. The van der Waals surface area contributed by atoms with E-state index in [4.69, 9.17) is 5.73 Å². The van der Waals surface area contributed by atoms with E-state index < -0.39 is 4.92 Å². The smallest absolute Gasteiger partial charge is 0.314 e. The third-order valence-electron chi connectivity index (χ3n) is 2.97. The molecule has 104 valence electrons. The third-order valence-corrected chi connectivity index (χ3v) is 2.97. The lowest BCUT2D eigenvalue weighted by molar-refractivity contribution is -0.383. The zero-order valence-corrected chi connectivity index (χ0v) is 10.8. The number of rotatable bonds is 4. The molecule has 2 aromatic rings. The Balaban J connectivity index is 2.30. The van der Waals surface area contributed by atoms with E-state index in [2.05, 4.69) is 5.32 Å². The largest absolute Gasteiger partial charge is 0.393 e. The topological polar surface area (TPSA) is 81.2 Å². The average Bonchev–Trinajstić information content (AvgIpc) is 2.38. The van der Waals surface area contributed by atoms with Gasteiger partial charge in [0.05, 0.1) is 4.92 Å². The van der Waals surface area contributed by atoms with Gasteiger partial charge in [0, 0.05) is 6.04 Å². The molecular weight excluding hydrogens is 261 g/mol. The lowest BCUT2D eigenvalue weighted by Crippen LogP contribution is -2.09. The van der Waals surface area contributed by atoms with E-state index in [9.17, 15) is 14.5 Å². The highest BCUT2D eigenvalue weighted by Gasteiger charge is 2.19. The van der Waals surface area contributed by atoms with E-state index in [1.807, 2.05) is 0 Å². The molecule has 0 saturated heterocycles. The molecule has 0 aromatic heterocycles. The second kappa shape index (κ2) is 5.56.